The Labute approximate surface area is 255 Å². The molecule has 0 aliphatic carbocycles. The zero-order chi connectivity index (χ0) is 29.1. The van der Waals surface area contributed by atoms with Crippen LogP contribution in [0.4, 0.5) is 17.6 Å². The molecule has 4 aromatic heterocycles. The molecule has 0 unspecified atom stereocenters. The van der Waals surface area contributed by atoms with Crippen LogP contribution in [0.25, 0.3) is 43.7 Å². The van der Waals surface area contributed by atoms with E-state index in [0.717, 1.165) is 53.4 Å². The van der Waals surface area contributed by atoms with Crippen LogP contribution in [0.1, 0.15) is 11.1 Å². The Morgan fingerprint density at radius 3 is 1.80 bits per heavy atom. The molecule has 0 atom stereocenters. The lowest BCUT2D eigenvalue weighted by Gasteiger charge is -2.00. The van der Waals surface area contributed by atoms with Gasteiger partial charge in [0.2, 0.25) is 0 Å². The molecule has 206 valence electrons. The second-order valence-corrected chi connectivity index (χ2v) is 12.5. The van der Waals surface area contributed by atoms with Crippen molar-refractivity contribution in [3.63, 3.8) is 0 Å². The summed E-state index contributed by atoms with van der Waals surface area (Å²) >= 11 is 5.12. The number of thiazole rings is 2. The van der Waals surface area contributed by atoms with Gasteiger partial charge in [-0.15, -0.1) is 22.7 Å². The van der Waals surface area contributed by atoms with Crippen LogP contribution in [0.2, 0.25) is 0 Å². The Morgan fingerprint density at radius 1 is 0.659 bits per heavy atom. The number of aromatic nitrogens is 4. The lowest BCUT2D eigenvalue weighted by molar-refractivity contribution is 0.509. The zero-order valence-electron chi connectivity index (χ0n) is 21.5. The van der Waals surface area contributed by atoms with Crippen LogP contribution in [0, 0.1) is 40.0 Å². The van der Waals surface area contributed by atoms with Crippen molar-refractivity contribution >= 4 is 45.3 Å². The number of aryl methyl sites for hydroxylation is 2. The Morgan fingerprint density at radius 2 is 1.22 bits per heavy atom. The van der Waals surface area contributed by atoms with Crippen LogP contribution >= 0.6 is 45.3 Å². The lowest BCUT2D eigenvalue weighted by Crippen LogP contribution is -1.88. The minimum Gasteiger partial charge on any atom is -0.264 e. The van der Waals surface area contributed by atoms with Crippen LogP contribution in [-0.4, -0.2) is 19.9 Å². The number of pyridine rings is 2. The van der Waals surface area contributed by atoms with Crippen LogP contribution in [0.3, 0.4) is 0 Å². The molecular formula is C30H19F4IN4S2. The summed E-state index contributed by atoms with van der Waals surface area (Å²) in [4.78, 5) is 17.2. The number of benzene rings is 2. The summed E-state index contributed by atoms with van der Waals surface area (Å²) in [5.74, 6) is -3.44. The number of halogens is 5. The predicted octanol–water partition coefficient (Wildman–Crippen LogP) is 9.52. The van der Waals surface area contributed by atoms with E-state index in [9.17, 15) is 17.6 Å². The van der Waals surface area contributed by atoms with Gasteiger partial charge in [-0.1, -0.05) is 0 Å². The van der Waals surface area contributed by atoms with Crippen molar-refractivity contribution in [3.05, 3.63) is 116 Å². The first-order valence-electron chi connectivity index (χ1n) is 12.1. The molecule has 0 aliphatic heterocycles. The standard InChI is InChI=1S/C15H9F2IN2S.C15H10F2N2S/c1-8-4-5-19-7-10(8)15-20-13(14(18)21-15)9-2-3-11(16)12(17)6-9;1-9-4-5-18-7-11(9)15-19-14(8-20-15)10-2-3-12(16)13(17)6-10/h2-7H,1H3;2-8H,1H3. The molecule has 2 aromatic carbocycles. The van der Waals surface area contributed by atoms with Gasteiger partial charge in [0.15, 0.2) is 23.3 Å². The van der Waals surface area contributed by atoms with Crippen LogP contribution in [-0.2, 0) is 0 Å². The highest BCUT2D eigenvalue weighted by Gasteiger charge is 2.16. The second kappa shape index (κ2) is 12.5. The van der Waals surface area contributed by atoms with Crippen LogP contribution < -0.4 is 0 Å². The second-order valence-electron chi connectivity index (χ2n) is 8.82. The maximum Gasteiger partial charge on any atom is 0.159 e. The fourth-order valence-electron chi connectivity index (χ4n) is 3.80. The van der Waals surface area contributed by atoms with Gasteiger partial charge < -0.3 is 0 Å². The number of rotatable bonds is 4. The summed E-state index contributed by atoms with van der Waals surface area (Å²) in [6, 6.07) is 11.4. The molecule has 0 aliphatic rings. The number of nitrogens with zero attached hydrogens (tertiary/aromatic N) is 4. The molecule has 11 heteroatoms. The van der Waals surface area contributed by atoms with E-state index in [1.807, 2.05) is 31.4 Å². The Bertz CT molecular complexity index is 1850. The third kappa shape index (κ3) is 6.52. The molecule has 0 saturated carbocycles. The van der Waals surface area contributed by atoms with Gasteiger partial charge in [0.25, 0.3) is 0 Å². The van der Waals surface area contributed by atoms with Gasteiger partial charge in [0, 0.05) is 52.4 Å². The maximum atomic E-state index is 13.4. The van der Waals surface area contributed by atoms with Gasteiger partial charge in [0.05, 0.1) is 14.3 Å². The van der Waals surface area contributed by atoms with Gasteiger partial charge in [-0.3, -0.25) is 9.97 Å². The van der Waals surface area contributed by atoms with Crippen LogP contribution in [0.5, 0.6) is 0 Å². The highest BCUT2D eigenvalue weighted by Crippen LogP contribution is 2.36. The molecular weight excluding hydrogens is 683 g/mol. The van der Waals surface area contributed by atoms with Crippen molar-refractivity contribution in [1.29, 1.82) is 0 Å². The summed E-state index contributed by atoms with van der Waals surface area (Å²) in [6.07, 6.45) is 6.97. The minimum atomic E-state index is -0.866. The maximum absolute atomic E-state index is 13.4. The molecule has 0 bridgehead atoms. The SMILES string of the molecule is Cc1ccncc1-c1nc(-c2ccc(F)c(F)c2)c(I)s1.Cc1ccncc1-c1nc(-c2ccc(F)c(F)c2)cs1. The van der Waals surface area contributed by atoms with E-state index in [1.165, 1.54) is 40.9 Å². The first-order valence-corrected chi connectivity index (χ1v) is 14.8. The molecule has 4 heterocycles. The molecule has 0 N–H and O–H groups in total. The zero-order valence-corrected chi connectivity index (χ0v) is 25.3. The third-order valence-corrected chi connectivity index (χ3v) is 8.96. The topological polar surface area (TPSA) is 51.6 Å². The van der Waals surface area contributed by atoms with Crippen molar-refractivity contribution in [2.24, 2.45) is 0 Å². The van der Waals surface area contributed by atoms with E-state index in [0.29, 0.717) is 22.5 Å². The molecule has 0 radical (unpaired) electrons. The molecule has 0 amide bonds. The Kier molecular flexibility index (Phi) is 8.85. The van der Waals surface area contributed by atoms with E-state index >= 15 is 0 Å². The highest BCUT2D eigenvalue weighted by atomic mass is 127. The largest absolute Gasteiger partial charge is 0.264 e. The summed E-state index contributed by atoms with van der Waals surface area (Å²) in [5.41, 5.74) is 6.49. The number of hydrogen-bond acceptors (Lipinski definition) is 6. The summed E-state index contributed by atoms with van der Waals surface area (Å²) in [6.45, 7) is 3.97. The van der Waals surface area contributed by atoms with Crippen molar-refractivity contribution in [2.45, 2.75) is 13.8 Å². The van der Waals surface area contributed by atoms with E-state index < -0.39 is 23.3 Å². The first-order chi connectivity index (χ1) is 19.7. The predicted molar refractivity (Wildman–Crippen MR) is 164 cm³/mol. The van der Waals surface area contributed by atoms with Gasteiger partial charge in [0.1, 0.15) is 10.0 Å². The van der Waals surface area contributed by atoms with E-state index in [4.69, 9.17) is 0 Å². The summed E-state index contributed by atoms with van der Waals surface area (Å²) in [7, 11) is 0. The van der Waals surface area contributed by atoms with Gasteiger partial charge in [-0.05, 0) is 96.1 Å². The van der Waals surface area contributed by atoms with Crippen molar-refractivity contribution in [3.8, 4) is 43.7 Å². The van der Waals surface area contributed by atoms with E-state index in [1.54, 1.807) is 24.8 Å². The summed E-state index contributed by atoms with van der Waals surface area (Å²) < 4.78 is 53.5. The minimum absolute atomic E-state index is 0.563. The lowest BCUT2D eigenvalue weighted by atomic mass is 10.1. The third-order valence-electron chi connectivity index (χ3n) is 6.04. The number of hydrogen-bond donors (Lipinski definition) is 0. The highest BCUT2D eigenvalue weighted by molar-refractivity contribution is 14.1. The average molecular weight is 703 g/mol. The quantitative estimate of drug-likeness (QED) is 0.136. The van der Waals surface area contributed by atoms with Crippen molar-refractivity contribution in [1.82, 2.24) is 19.9 Å². The van der Waals surface area contributed by atoms with Crippen molar-refractivity contribution < 1.29 is 17.6 Å². The molecule has 6 aromatic rings. The molecule has 0 spiro atoms. The molecule has 6 rings (SSSR count). The van der Waals surface area contributed by atoms with Crippen LogP contribution in [0.15, 0.2) is 78.7 Å². The molecule has 4 nitrogen and oxygen atoms in total. The average Bonchev–Trinajstić information content (AvgIpc) is 3.60. The van der Waals surface area contributed by atoms with Crippen molar-refractivity contribution in [2.75, 3.05) is 0 Å². The van der Waals surface area contributed by atoms with E-state index in [-0.39, 0.29) is 0 Å². The molecule has 0 saturated heterocycles. The van der Waals surface area contributed by atoms with Gasteiger partial charge in [-0.2, -0.15) is 0 Å². The fourth-order valence-corrected chi connectivity index (χ4v) is 6.65. The molecule has 41 heavy (non-hydrogen) atoms. The molecule has 0 fully saturated rings. The van der Waals surface area contributed by atoms with Gasteiger partial charge >= 0.3 is 0 Å². The first kappa shape index (κ1) is 29.0. The van der Waals surface area contributed by atoms with E-state index in [2.05, 4.69) is 42.5 Å². The Hall–Kier alpha value is -3.55. The smallest absolute Gasteiger partial charge is 0.159 e. The monoisotopic (exact) mass is 702 g/mol. The summed E-state index contributed by atoms with van der Waals surface area (Å²) in [5, 5.41) is 3.47. The van der Waals surface area contributed by atoms with Gasteiger partial charge in [-0.25, -0.2) is 27.5 Å². The normalized spacial score (nSPS) is 10.8. The Balaban J connectivity index is 0.000000165. The fraction of sp³-hybridized carbons (Fsp3) is 0.0667.